The smallest absolute Gasteiger partial charge is 0.253 e. The molecule has 2 aromatic carbocycles. The van der Waals surface area contributed by atoms with Crippen LogP contribution in [0.4, 0.5) is 28.8 Å². The Labute approximate surface area is 237 Å². The third-order valence-electron chi connectivity index (χ3n) is 6.44. The van der Waals surface area contributed by atoms with Gasteiger partial charge in [-0.05, 0) is 42.5 Å². The maximum Gasteiger partial charge on any atom is 0.253 e. The average Bonchev–Trinajstić information content (AvgIpc) is 2.98. The maximum atomic E-state index is 12.5. The normalized spacial score (nSPS) is 12.9. The Balaban J connectivity index is 1.36. The molecule has 0 saturated carbocycles. The predicted octanol–water partition coefficient (Wildman–Crippen LogP) is 3.27. The molecule has 3 aromatic rings. The molecule has 0 spiro atoms. The molecule has 0 bridgehead atoms. The van der Waals surface area contributed by atoms with E-state index in [1.807, 2.05) is 30.3 Å². The van der Waals surface area contributed by atoms with E-state index in [0.717, 1.165) is 11.4 Å². The van der Waals surface area contributed by atoms with Crippen molar-refractivity contribution in [3.05, 3.63) is 78.0 Å². The number of nitrogens with zero attached hydrogens (tertiary/aromatic N) is 5. The van der Waals surface area contributed by atoms with Crippen LogP contribution in [0, 0.1) is 0 Å². The van der Waals surface area contributed by atoms with Gasteiger partial charge in [-0.1, -0.05) is 30.3 Å². The summed E-state index contributed by atoms with van der Waals surface area (Å²) in [6, 6.07) is 14.9. The number of carbonyl (C=O) groups excluding carboxylic acids is 3. The van der Waals surface area contributed by atoms with Gasteiger partial charge in [0.05, 0.1) is 24.0 Å². The summed E-state index contributed by atoms with van der Waals surface area (Å²) in [5, 5.41) is 9.23. The number of benzene rings is 2. The van der Waals surface area contributed by atoms with Gasteiger partial charge < -0.3 is 30.7 Å². The van der Waals surface area contributed by atoms with E-state index in [-0.39, 0.29) is 24.3 Å². The van der Waals surface area contributed by atoms with Crippen molar-refractivity contribution in [3.63, 3.8) is 0 Å². The number of likely N-dealkylation sites (N-methyl/N-ethyl adjacent to an activating group) is 1. The summed E-state index contributed by atoms with van der Waals surface area (Å²) >= 11 is 6.33. The first-order valence-electron chi connectivity index (χ1n) is 12.7. The number of halogens is 1. The van der Waals surface area contributed by atoms with Crippen molar-refractivity contribution in [2.24, 2.45) is 0 Å². The van der Waals surface area contributed by atoms with Crippen LogP contribution in [0.2, 0.25) is 5.02 Å². The molecule has 40 heavy (non-hydrogen) atoms. The lowest BCUT2D eigenvalue weighted by Gasteiger charge is -2.36. The molecule has 2 heterocycles. The van der Waals surface area contributed by atoms with Crippen LogP contribution in [0.25, 0.3) is 0 Å². The summed E-state index contributed by atoms with van der Waals surface area (Å²) in [5.41, 5.74) is 2.84. The van der Waals surface area contributed by atoms with Gasteiger partial charge in [0.1, 0.15) is 5.02 Å². The van der Waals surface area contributed by atoms with E-state index >= 15 is 0 Å². The van der Waals surface area contributed by atoms with Gasteiger partial charge in [0.15, 0.2) is 5.82 Å². The molecule has 1 aliphatic rings. The molecule has 3 N–H and O–H groups in total. The minimum Gasteiger partial charge on any atom is -0.368 e. The lowest BCUT2D eigenvalue weighted by Crippen LogP contribution is -2.51. The number of aromatic nitrogens is 2. The Morgan fingerprint density at radius 3 is 2.42 bits per heavy atom. The summed E-state index contributed by atoms with van der Waals surface area (Å²) in [6.45, 7) is 6.01. The fraction of sp³-hybridized carbons (Fsp3) is 0.250. The summed E-state index contributed by atoms with van der Waals surface area (Å²) in [7, 11) is 3.16. The van der Waals surface area contributed by atoms with Gasteiger partial charge in [-0.2, -0.15) is 4.98 Å². The number of para-hydroxylation sites is 1. The maximum absolute atomic E-state index is 12.5. The van der Waals surface area contributed by atoms with Gasteiger partial charge in [0.25, 0.3) is 5.91 Å². The van der Waals surface area contributed by atoms with Crippen LogP contribution in [0.15, 0.2) is 67.4 Å². The Bertz CT molecular complexity index is 1390. The second-order valence-corrected chi connectivity index (χ2v) is 9.49. The van der Waals surface area contributed by atoms with Crippen LogP contribution in [-0.4, -0.2) is 84.3 Å². The van der Waals surface area contributed by atoms with Crippen molar-refractivity contribution >= 4 is 58.2 Å². The van der Waals surface area contributed by atoms with Crippen molar-refractivity contribution in [1.29, 1.82) is 0 Å². The van der Waals surface area contributed by atoms with E-state index in [2.05, 4.69) is 37.4 Å². The molecule has 0 radical (unpaired) electrons. The summed E-state index contributed by atoms with van der Waals surface area (Å²) in [4.78, 5) is 50.5. The molecule has 4 rings (SSSR count). The molecule has 1 aliphatic heterocycles. The van der Waals surface area contributed by atoms with Crippen molar-refractivity contribution in [3.8, 4) is 0 Å². The number of nitrogens with one attached hydrogen (secondary N) is 3. The highest BCUT2D eigenvalue weighted by Gasteiger charge is 2.23. The Morgan fingerprint density at radius 1 is 1.05 bits per heavy atom. The lowest BCUT2D eigenvalue weighted by molar-refractivity contribution is -0.137. The number of anilines is 5. The zero-order valence-electron chi connectivity index (χ0n) is 22.4. The Hall–Kier alpha value is -4.64. The van der Waals surface area contributed by atoms with Crippen LogP contribution in [0.3, 0.4) is 0 Å². The zero-order chi connectivity index (χ0) is 28.6. The van der Waals surface area contributed by atoms with E-state index in [4.69, 9.17) is 11.6 Å². The monoisotopic (exact) mass is 562 g/mol. The number of hydrogen-bond acceptors (Lipinski definition) is 8. The molecule has 1 fully saturated rings. The SMILES string of the molecule is C=CC(=O)N(C)CC(=O)N1CCN(c2ccc(Nc3ncc(Cl)c(Nc4ccccc4C(=O)NC)n3)cc2)CC1. The topological polar surface area (TPSA) is 123 Å². The molecule has 1 saturated heterocycles. The van der Waals surface area contributed by atoms with Crippen LogP contribution >= 0.6 is 11.6 Å². The van der Waals surface area contributed by atoms with Crippen molar-refractivity contribution in [2.75, 3.05) is 62.4 Å². The first kappa shape index (κ1) is 28.4. The molecule has 208 valence electrons. The fourth-order valence-corrected chi connectivity index (χ4v) is 4.34. The third kappa shape index (κ3) is 6.86. The second-order valence-electron chi connectivity index (χ2n) is 9.08. The van der Waals surface area contributed by atoms with E-state index in [1.54, 1.807) is 37.2 Å². The van der Waals surface area contributed by atoms with Crippen molar-refractivity contribution < 1.29 is 14.4 Å². The van der Waals surface area contributed by atoms with Crippen LogP contribution < -0.4 is 20.9 Å². The van der Waals surface area contributed by atoms with Crippen LogP contribution in [0.1, 0.15) is 10.4 Å². The molecule has 3 amide bonds. The average molecular weight is 563 g/mol. The van der Waals surface area contributed by atoms with E-state index in [1.165, 1.54) is 17.2 Å². The number of carbonyl (C=O) groups is 3. The summed E-state index contributed by atoms with van der Waals surface area (Å²) in [6.07, 6.45) is 2.69. The van der Waals surface area contributed by atoms with Gasteiger partial charge in [0, 0.05) is 51.6 Å². The highest BCUT2D eigenvalue weighted by molar-refractivity contribution is 6.33. The number of piperazine rings is 1. The minimum atomic E-state index is -0.275. The number of rotatable bonds is 9. The Morgan fingerprint density at radius 2 is 1.75 bits per heavy atom. The first-order chi connectivity index (χ1) is 19.3. The highest BCUT2D eigenvalue weighted by atomic mass is 35.5. The van der Waals surface area contributed by atoms with Gasteiger partial charge in [-0.25, -0.2) is 4.98 Å². The van der Waals surface area contributed by atoms with E-state index < -0.39 is 0 Å². The van der Waals surface area contributed by atoms with Crippen LogP contribution in [-0.2, 0) is 9.59 Å². The largest absolute Gasteiger partial charge is 0.368 e. The standard InChI is InChI=1S/C28H31ClN8O3/c1-4-24(38)35(3)18-25(39)37-15-13-36(14-16-37)20-11-9-19(10-12-20)32-28-31-17-22(29)26(34-28)33-23-8-6-5-7-21(23)27(40)30-2/h4-12,17H,1,13-16,18H2,2-3H3,(H,30,40)(H2,31,32,33,34). The first-order valence-corrected chi connectivity index (χ1v) is 13.0. The molecule has 12 heteroatoms. The fourth-order valence-electron chi connectivity index (χ4n) is 4.20. The van der Waals surface area contributed by atoms with Crippen molar-refractivity contribution in [2.45, 2.75) is 0 Å². The molecule has 0 atom stereocenters. The highest BCUT2D eigenvalue weighted by Crippen LogP contribution is 2.27. The molecule has 0 unspecified atom stereocenters. The van der Waals surface area contributed by atoms with Gasteiger partial charge >= 0.3 is 0 Å². The minimum absolute atomic E-state index is 0.0375. The lowest BCUT2D eigenvalue weighted by atomic mass is 10.1. The molecule has 1 aromatic heterocycles. The van der Waals surface area contributed by atoms with Gasteiger partial charge in [-0.15, -0.1) is 0 Å². The summed E-state index contributed by atoms with van der Waals surface area (Å²) in [5.74, 6) is 0.116. The quantitative estimate of drug-likeness (QED) is 0.340. The molecular formula is C28H31ClN8O3. The molecule has 0 aliphatic carbocycles. The second kappa shape index (κ2) is 12.9. The zero-order valence-corrected chi connectivity index (χ0v) is 23.1. The predicted molar refractivity (Wildman–Crippen MR) is 157 cm³/mol. The third-order valence-corrected chi connectivity index (χ3v) is 6.72. The number of amides is 3. The van der Waals surface area contributed by atoms with E-state index in [0.29, 0.717) is 54.2 Å². The van der Waals surface area contributed by atoms with Gasteiger partial charge in [0.2, 0.25) is 17.8 Å². The van der Waals surface area contributed by atoms with Gasteiger partial charge in [-0.3, -0.25) is 14.4 Å². The molecule has 11 nitrogen and oxygen atoms in total. The Kier molecular flexibility index (Phi) is 9.18. The summed E-state index contributed by atoms with van der Waals surface area (Å²) < 4.78 is 0. The molecular weight excluding hydrogens is 532 g/mol. The van der Waals surface area contributed by atoms with Crippen LogP contribution in [0.5, 0.6) is 0 Å². The van der Waals surface area contributed by atoms with E-state index in [9.17, 15) is 14.4 Å². The number of hydrogen-bond donors (Lipinski definition) is 3. The van der Waals surface area contributed by atoms with Crippen molar-refractivity contribution in [1.82, 2.24) is 25.1 Å².